The fraction of sp³-hybridized carbons (Fsp3) is 0.467. The molecule has 0 saturated heterocycles. The molecule has 0 spiro atoms. The lowest BCUT2D eigenvalue weighted by molar-refractivity contribution is -0.145. The van der Waals surface area contributed by atoms with Crippen LogP contribution in [-0.4, -0.2) is 31.6 Å². The smallest absolute Gasteiger partial charge is 0.328 e. The number of hydrogen-bond acceptors (Lipinski definition) is 4. The predicted molar refractivity (Wildman–Crippen MR) is 75.3 cm³/mol. The van der Waals surface area contributed by atoms with Gasteiger partial charge in [-0.3, -0.25) is 4.79 Å². The molecule has 1 atom stereocenters. The molecule has 0 aliphatic carbocycles. The molecule has 0 unspecified atom stereocenters. The zero-order chi connectivity index (χ0) is 15.8. The standard InChI is InChI=1S/C15H20FNO4/c1-10(2)8-12(15(19)20-3)17-14(18)9-21-13-7-5-4-6-11(13)16/h4-7,10,12H,8-9H2,1-3H3,(H,17,18)/t12-/m0/s1. The molecule has 0 aromatic heterocycles. The van der Waals surface area contributed by atoms with Gasteiger partial charge in [-0.15, -0.1) is 0 Å². The van der Waals surface area contributed by atoms with Gasteiger partial charge in [-0.1, -0.05) is 26.0 Å². The summed E-state index contributed by atoms with van der Waals surface area (Å²) in [6, 6.07) is 5.06. The van der Waals surface area contributed by atoms with Gasteiger partial charge in [0.05, 0.1) is 7.11 Å². The van der Waals surface area contributed by atoms with E-state index in [0.29, 0.717) is 6.42 Å². The average Bonchev–Trinajstić information content (AvgIpc) is 2.44. The molecular formula is C15H20FNO4. The highest BCUT2D eigenvalue weighted by Crippen LogP contribution is 2.15. The molecule has 1 aromatic carbocycles. The Morgan fingerprint density at radius 1 is 1.29 bits per heavy atom. The molecule has 0 heterocycles. The quantitative estimate of drug-likeness (QED) is 0.781. The van der Waals surface area contributed by atoms with E-state index in [1.165, 1.54) is 25.3 Å². The summed E-state index contributed by atoms with van der Waals surface area (Å²) in [5.74, 6) is -1.36. The second-order valence-corrected chi connectivity index (χ2v) is 4.99. The Kier molecular flexibility index (Phi) is 6.65. The topological polar surface area (TPSA) is 64.6 Å². The molecule has 0 aliphatic heterocycles. The SMILES string of the molecule is COC(=O)[C@H](CC(C)C)NC(=O)COc1ccccc1F. The Morgan fingerprint density at radius 2 is 1.95 bits per heavy atom. The van der Waals surface area contributed by atoms with Gasteiger partial charge in [0.25, 0.3) is 5.91 Å². The Labute approximate surface area is 123 Å². The van der Waals surface area contributed by atoms with Crippen molar-refractivity contribution in [1.82, 2.24) is 5.32 Å². The van der Waals surface area contributed by atoms with Crippen LogP contribution < -0.4 is 10.1 Å². The van der Waals surface area contributed by atoms with Crippen LogP contribution in [0.5, 0.6) is 5.75 Å². The summed E-state index contributed by atoms with van der Waals surface area (Å²) in [6.07, 6.45) is 0.456. The van der Waals surface area contributed by atoms with Crippen molar-refractivity contribution >= 4 is 11.9 Å². The number of esters is 1. The summed E-state index contributed by atoms with van der Waals surface area (Å²) >= 11 is 0. The zero-order valence-electron chi connectivity index (χ0n) is 12.4. The van der Waals surface area contributed by atoms with E-state index in [2.05, 4.69) is 10.1 Å². The Balaban J connectivity index is 2.54. The van der Waals surface area contributed by atoms with Gasteiger partial charge in [-0.2, -0.15) is 0 Å². The number of ether oxygens (including phenoxy) is 2. The van der Waals surface area contributed by atoms with Gasteiger partial charge < -0.3 is 14.8 Å². The van der Waals surface area contributed by atoms with E-state index in [1.54, 1.807) is 6.07 Å². The van der Waals surface area contributed by atoms with Crippen LogP contribution in [-0.2, 0) is 14.3 Å². The van der Waals surface area contributed by atoms with Gasteiger partial charge in [0.1, 0.15) is 6.04 Å². The largest absolute Gasteiger partial charge is 0.481 e. The molecular weight excluding hydrogens is 277 g/mol. The van der Waals surface area contributed by atoms with Crippen molar-refractivity contribution in [3.8, 4) is 5.75 Å². The molecule has 1 rings (SSSR count). The second kappa shape index (κ2) is 8.24. The number of hydrogen-bond donors (Lipinski definition) is 1. The molecule has 5 nitrogen and oxygen atoms in total. The fourth-order valence-electron chi connectivity index (χ4n) is 1.77. The van der Waals surface area contributed by atoms with Crippen LogP contribution >= 0.6 is 0 Å². The summed E-state index contributed by atoms with van der Waals surface area (Å²) in [6.45, 7) is 3.49. The number of halogens is 1. The normalized spacial score (nSPS) is 11.9. The van der Waals surface area contributed by atoms with E-state index in [9.17, 15) is 14.0 Å². The van der Waals surface area contributed by atoms with Gasteiger partial charge in [0.15, 0.2) is 18.2 Å². The highest BCUT2D eigenvalue weighted by molar-refractivity contribution is 5.85. The number of methoxy groups -OCH3 is 1. The predicted octanol–water partition coefficient (Wildman–Crippen LogP) is 1.91. The minimum absolute atomic E-state index is 0.00822. The van der Waals surface area contributed by atoms with E-state index in [0.717, 1.165) is 0 Å². The maximum absolute atomic E-state index is 13.3. The van der Waals surface area contributed by atoms with Crippen molar-refractivity contribution in [2.45, 2.75) is 26.3 Å². The molecule has 21 heavy (non-hydrogen) atoms. The van der Waals surface area contributed by atoms with Gasteiger partial charge in [-0.05, 0) is 24.5 Å². The van der Waals surface area contributed by atoms with Gasteiger partial charge in [0.2, 0.25) is 0 Å². The number of nitrogens with one attached hydrogen (secondary N) is 1. The summed E-state index contributed by atoms with van der Waals surface area (Å²) < 4.78 is 23.0. The number of rotatable bonds is 7. The third-order valence-corrected chi connectivity index (χ3v) is 2.72. The summed E-state index contributed by atoms with van der Waals surface area (Å²) in [7, 11) is 1.26. The first-order valence-corrected chi connectivity index (χ1v) is 6.68. The van der Waals surface area contributed by atoms with Crippen LogP contribution in [0, 0.1) is 11.7 Å². The number of amides is 1. The molecule has 0 aliphatic rings. The first kappa shape index (κ1) is 16.9. The zero-order valence-corrected chi connectivity index (χ0v) is 12.4. The third kappa shape index (κ3) is 5.81. The number of benzene rings is 1. The monoisotopic (exact) mass is 297 g/mol. The minimum atomic E-state index is -0.730. The summed E-state index contributed by atoms with van der Waals surface area (Å²) in [5, 5.41) is 2.53. The van der Waals surface area contributed by atoms with Crippen molar-refractivity contribution in [2.75, 3.05) is 13.7 Å². The first-order chi connectivity index (χ1) is 9.93. The molecule has 1 aromatic rings. The lowest BCUT2D eigenvalue weighted by Gasteiger charge is -2.18. The lowest BCUT2D eigenvalue weighted by Crippen LogP contribution is -2.44. The van der Waals surface area contributed by atoms with Crippen LogP contribution in [0.4, 0.5) is 4.39 Å². The molecule has 1 amide bonds. The fourth-order valence-corrected chi connectivity index (χ4v) is 1.77. The van der Waals surface area contributed by atoms with Crippen LogP contribution in [0.2, 0.25) is 0 Å². The maximum atomic E-state index is 13.3. The second-order valence-electron chi connectivity index (χ2n) is 4.99. The molecule has 0 fully saturated rings. The highest BCUT2D eigenvalue weighted by atomic mass is 19.1. The van der Waals surface area contributed by atoms with Crippen LogP contribution in [0.15, 0.2) is 24.3 Å². The summed E-state index contributed by atoms with van der Waals surface area (Å²) in [4.78, 5) is 23.3. The Morgan fingerprint density at radius 3 is 2.52 bits per heavy atom. The van der Waals surface area contributed by atoms with E-state index < -0.39 is 23.7 Å². The molecule has 0 saturated carbocycles. The van der Waals surface area contributed by atoms with Crippen molar-refractivity contribution in [1.29, 1.82) is 0 Å². The van der Waals surface area contributed by atoms with E-state index in [-0.39, 0.29) is 18.3 Å². The van der Waals surface area contributed by atoms with Gasteiger partial charge in [0, 0.05) is 0 Å². The molecule has 1 N–H and O–H groups in total. The first-order valence-electron chi connectivity index (χ1n) is 6.68. The highest BCUT2D eigenvalue weighted by Gasteiger charge is 2.22. The Bertz CT molecular complexity index is 490. The van der Waals surface area contributed by atoms with Crippen molar-refractivity contribution in [3.05, 3.63) is 30.1 Å². The van der Waals surface area contributed by atoms with E-state index in [4.69, 9.17) is 4.74 Å². The molecule has 116 valence electrons. The average molecular weight is 297 g/mol. The molecule has 0 bridgehead atoms. The van der Waals surface area contributed by atoms with Crippen molar-refractivity contribution < 1.29 is 23.5 Å². The van der Waals surface area contributed by atoms with Gasteiger partial charge >= 0.3 is 5.97 Å². The van der Waals surface area contributed by atoms with Crippen LogP contribution in [0.3, 0.4) is 0 Å². The summed E-state index contributed by atoms with van der Waals surface area (Å²) in [5.41, 5.74) is 0. The van der Waals surface area contributed by atoms with Gasteiger partial charge in [-0.25, -0.2) is 9.18 Å². The molecule has 6 heteroatoms. The van der Waals surface area contributed by atoms with E-state index >= 15 is 0 Å². The maximum Gasteiger partial charge on any atom is 0.328 e. The molecule has 0 radical (unpaired) electrons. The van der Waals surface area contributed by atoms with E-state index in [1.807, 2.05) is 13.8 Å². The number of carbonyl (C=O) groups excluding carboxylic acids is 2. The number of para-hydroxylation sites is 1. The van der Waals surface area contributed by atoms with Crippen molar-refractivity contribution in [3.63, 3.8) is 0 Å². The minimum Gasteiger partial charge on any atom is -0.481 e. The lowest BCUT2D eigenvalue weighted by atomic mass is 10.0. The Hall–Kier alpha value is -2.11. The number of carbonyl (C=O) groups is 2. The third-order valence-electron chi connectivity index (χ3n) is 2.72. The van der Waals surface area contributed by atoms with Crippen LogP contribution in [0.1, 0.15) is 20.3 Å². The van der Waals surface area contributed by atoms with Crippen molar-refractivity contribution in [2.24, 2.45) is 5.92 Å². The van der Waals surface area contributed by atoms with Crippen LogP contribution in [0.25, 0.3) is 0 Å².